The van der Waals surface area contributed by atoms with E-state index in [1.807, 2.05) is 31.2 Å². The van der Waals surface area contributed by atoms with Crippen molar-refractivity contribution in [1.29, 1.82) is 0 Å². The van der Waals surface area contributed by atoms with Crippen LogP contribution in [-0.4, -0.2) is 41.7 Å². The van der Waals surface area contributed by atoms with Crippen molar-refractivity contribution in [1.82, 2.24) is 25.1 Å². The van der Waals surface area contributed by atoms with E-state index in [1.54, 1.807) is 22.8 Å². The van der Waals surface area contributed by atoms with Crippen LogP contribution in [0.1, 0.15) is 25.2 Å². The van der Waals surface area contributed by atoms with Gasteiger partial charge in [-0.1, -0.05) is 31.2 Å². The molecule has 11 heteroatoms. The number of aryl methyl sites for hydroxylation is 1. The molecule has 1 aromatic heterocycles. The Morgan fingerprint density at radius 3 is 2.62 bits per heavy atom. The molecule has 0 radical (unpaired) electrons. The van der Waals surface area contributed by atoms with Gasteiger partial charge in [-0.25, -0.2) is 13.4 Å². The first-order valence-electron chi connectivity index (χ1n) is 10.0. The second-order valence-electron chi connectivity index (χ2n) is 7.25. The van der Waals surface area contributed by atoms with Gasteiger partial charge in [0.1, 0.15) is 24.2 Å². The number of amides is 2. The number of carbonyl (C=O) groups is 2. The number of nitrogens with zero attached hydrogens (tertiary/aromatic N) is 3. The standard InChI is InChI=1S/C21H22N6O4S/c1-3-18-23-15-9-5-6-10-16(15)27(18)12-19(28)24-25-21(29)13(2)22-20-14-8-4-7-11-17(14)32(30,31)26-20/h4-11,13H,3,12H2,1-2H3,(H,22,26)(H,24,28)(H,25,29). The minimum absolute atomic E-state index is 0.0138. The number of imidazole rings is 1. The van der Waals surface area contributed by atoms with Gasteiger partial charge >= 0.3 is 0 Å². The molecule has 2 amide bonds. The molecule has 10 nitrogen and oxygen atoms in total. The summed E-state index contributed by atoms with van der Waals surface area (Å²) >= 11 is 0. The number of hydrogen-bond donors (Lipinski definition) is 3. The maximum atomic E-state index is 12.4. The van der Waals surface area contributed by atoms with E-state index in [1.165, 1.54) is 13.0 Å². The Kier molecular flexibility index (Phi) is 5.66. The van der Waals surface area contributed by atoms with Gasteiger partial charge in [-0.2, -0.15) is 0 Å². The van der Waals surface area contributed by atoms with E-state index in [0.29, 0.717) is 12.0 Å². The highest BCUT2D eigenvalue weighted by molar-refractivity contribution is 7.90. The second kappa shape index (κ2) is 8.42. The van der Waals surface area contributed by atoms with E-state index in [4.69, 9.17) is 0 Å². The van der Waals surface area contributed by atoms with Gasteiger partial charge < -0.3 is 4.57 Å². The Labute approximate surface area is 184 Å². The van der Waals surface area contributed by atoms with E-state index in [9.17, 15) is 18.0 Å². The zero-order valence-electron chi connectivity index (χ0n) is 17.5. The lowest BCUT2D eigenvalue weighted by Gasteiger charge is -2.12. The average Bonchev–Trinajstić information content (AvgIpc) is 3.26. The summed E-state index contributed by atoms with van der Waals surface area (Å²) in [5.41, 5.74) is 6.75. The number of amidine groups is 1. The van der Waals surface area contributed by atoms with E-state index < -0.39 is 27.9 Å². The van der Waals surface area contributed by atoms with Crippen LogP contribution in [0.4, 0.5) is 0 Å². The number of rotatable bonds is 5. The fourth-order valence-corrected chi connectivity index (χ4v) is 4.71. The van der Waals surface area contributed by atoms with Crippen LogP contribution in [0, 0.1) is 0 Å². The molecule has 1 aliphatic heterocycles. The highest BCUT2D eigenvalue weighted by atomic mass is 32.2. The zero-order chi connectivity index (χ0) is 22.9. The lowest BCUT2D eigenvalue weighted by Crippen LogP contribution is -2.46. The summed E-state index contributed by atoms with van der Waals surface area (Å²) in [5, 5.41) is 0. The Balaban J connectivity index is 1.41. The third kappa shape index (κ3) is 4.06. The number of benzene rings is 2. The Bertz CT molecular complexity index is 1350. The molecule has 0 spiro atoms. The summed E-state index contributed by atoms with van der Waals surface area (Å²) in [6.45, 7) is 3.44. The molecular weight excluding hydrogens is 432 g/mol. The summed E-state index contributed by atoms with van der Waals surface area (Å²) in [5.74, 6) is -0.157. The molecule has 3 aromatic rings. The predicted molar refractivity (Wildman–Crippen MR) is 118 cm³/mol. The number of para-hydroxylation sites is 2. The number of aliphatic imine (C=N–C) groups is 1. The number of nitrogens with one attached hydrogen (secondary N) is 3. The van der Waals surface area contributed by atoms with E-state index in [0.717, 1.165) is 16.9 Å². The maximum Gasteiger partial charge on any atom is 0.263 e. The van der Waals surface area contributed by atoms with Gasteiger partial charge in [0, 0.05) is 12.0 Å². The third-order valence-corrected chi connectivity index (χ3v) is 6.44. The Hall–Kier alpha value is -3.73. The Morgan fingerprint density at radius 2 is 1.84 bits per heavy atom. The predicted octanol–water partition coefficient (Wildman–Crippen LogP) is 0.873. The smallest absolute Gasteiger partial charge is 0.263 e. The van der Waals surface area contributed by atoms with E-state index >= 15 is 0 Å². The van der Waals surface area contributed by atoms with Gasteiger partial charge in [-0.3, -0.25) is 30.2 Å². The van der Waals surface area contributed by atoms with Crippen molar-refractivity contribution in [2.75, 3.05) is 0 Å². The van der Waals surface area contributed by atoms with Crippen LogP contribution >= 0.6 is 0 Å². The minimum atomic E-state index is -3.70. The van der Waals surface area contributed by atoms with Crippen molar-refractivity contribution in [2.45, 2.75) is 37.8 Å². The molecule has 2 heterocycles. The molecule has 0 bridgehead atoms. The molecule has 0 saturated heterocycles. The Morgan fingerprint density at radius 1 is 1.12 bits per heavy atom. The SMILES string of the molecule is CCc1nc2ccccc2n1CC(=O)NNC(=O)C(C)N=C1NS(=O)(=O)c2ccccc21. The van der Waals surface area contributed by atoms with Crippen molar-refractivity contribution in [3.05, 3.63) is 59.9 Å². The van der Waals surface area contributed by atoms with Gasteiger partial charge in [0.05, 0.1) is 15.9 Å². The molecule has 0 aliphatic carbocycles. The fourth-order valence-electron chi connectivity index (χ4n) is 3.47. The van der Waals surface area contributed by atoms with Crippen LogP contribution in [0.3, 0.4) is 0 Å². The summed E-state index contributed by atoms with van der Waals surface area (Å²) in [7, 11) is -3.70. The highest BCUT2D eigenvalue weighted by Gasteiger charge is 2.31. The maximum absolute atomic E-state index is 12.4. The fraction of sp³-hybridized carbons (Fsp3) is 0.238. The molecule has 2 aromatic carbocycles. The van der Waals surface area contributed by atoms with Gasteiger partial charge in [0.2, 0.25) is 0 Å². The molecule has 32 heavy (non-hydrogen) atoms. The van der Waals surface area contributed by atoms with Crippen LogP contribution in [0.15, 0.2) is 58.4 Å². The third-order valence-electron chi connectivity index (χ3n) is 5.04. The first kappa shape index (κ1) is 21.5. The van der Waals surface area contributed by atoms with Gasteiger partial charge in [-0.15, -0.1) is 0 Å². The topological polar surface area (TPSA) is 135 Å². The molecule has 4 rings (SSSR count). The zero-order valence-corrected chi connectivity index (χ0v) is 18.3. The van der Waals surface area contributed by atoms with Gasteiger partial charge in [0.15, 0.2) is 0 Å². The quantitative estimate of drug-likeness (QED) is 0.492. The number of aromatic nitrogens is 2. The first-order chi connectivity index (χ1) is 15.3. The lowest BCUT2D eigenvalue weighted by molar-refractivity contribution is -0.129. The molecule has 1 atom stereocenters. The van der Waals surface area contributed by atoms with Crippen LogP contribution in [0.5, 0.6) is 0 Å². The molecule has 166 valence electrons. The van der Waals surface area contributed by atoms with Crippen molar-refractivity contribution in [3.63, 3.8) is 0 Å². The van der Waals surface area contributed by atoms with Crippen LogP contribution < -0.4 is 15.6 Å². The average molecular weight is 455 g/mol. The largest absolute Gasteiger partial charge is 0.318 e. The van der Waals surface area contributed by atoms with Crippen LogP contribution in [0.25, 0.3) is 11.0 Å². The molecule has 1 unspecified atom stereocenters. The molecule has 0 fully saturated rings. The summed E-state index contributed by atoms with van der Waals surface area (Å²) in [6.07, 6.45) is 0.653. The number of fused-ring (bicyclic) bond motifs is 2. The summed E-state index contributed by atoms with van der Waals surface area (Å²) in [4.78, 5) is 33.7. The van der Waals surface area contributed by atoms with Crippen molar-refractivity contribution in [3.8, 4) is 0 Å². The second-order valence-corrected chi connectivity index (χ2v) is 8.90. The van der Waals surface area contributed by atoms with Crippen molar-refractivity contribution < 1.29 is 18.0 Å². The van der Waals surface area contributed by atoms with Crippen molar-refractivity contribution in [2.24, 2.45) is 4.99 Å². The number of sulfonamides is 1. The van der Waals surface area contributed by atoms with Gasteiger partial charge in [-0.05, 0) is 31.2 Å². The monoisotopic (exact) mass is 454 g/mol. The normalized spacial score (nSPS) is 16.4. The molecular formula is C21H22N6O4S. The van der Waals surface area contributed by atoms with Crippen LogP contribution in [0.2, 0.25) is 0 Å². The number of carbonyl (C=O) groups excluding carboxylic acids is 2. The van der Waals surface area contributed by atoms with Crippen LogP contribution in [-0.2, 0) is 32.6 Å². The number of hydrogen-bond acceptors (Lipinski definition) is 6. The minimum Gasteiger partial charge on any atom is -0.318 e. The van der Waals surface area contributed by atoms with E-state index in [-0.39, 0.29) is 17.3 Å². The highest BCUT2D eigenvalue weighted by Crippen LogP contribution is 2.22. The summed E-state index contributed by atoms with van der Waals surface area (Å²) in [6, 6.07) is 12.9. The molecule has 1 aliphatic rings. The lowest BCUT2D eigenvalue weighted by atomic mass is 10.2. The molecule has 0 saturated carbocycles. The van der Waals surface area contributed by atoms with Gasteiger partial charge in [0.25, 0.3) is 21.8 Å². The number of hydrazine groups is 1. The summed E-state index contributed by atoms with van der Waals surface area (Å²) < 4.78 is 28.5. The molecule has 3 N–H and O–H groups in total. The first-order valence-corrected chi connectivity index (χ1v) is 11.5. The van der Waals surface area contributed by atoms with E-state index in [2.05, 4.69) is 25.6 Å². The van der Waals surface area contributed by atoms with Crippen molar-refractivity contribution >= 4 is 38.7 Å².